The average molecular weight is 171 g/mol. The van der Waals surface area contributed by atoms with Gasteiger partial charge in [-0.1, -0.05) is 5.16 Å². The van der Waals surface area contributed by atoms with E-state index in [1.807, 2.05) is 0 Å². The number of nitrogens with one attached hydrogen (secondary N) is 1. The highest BCUT2D eigenvalue weighted by atomic mass is 16.5. The van der Waals surface area contributed by atoms with E-state index >= 15 is 0 Å². The lowest BCUT2D eigenvalue weighted by atomic mass is 10.6. The van der Waals surface area contributed by atoms with Gasteiger partial charge in [-0.3, -0.25) is 4.79 Å². The largest absolute Gasteiger partial charge is 0.375 e. The summed E-state index contributed by atoms with van der Waals surface area (Å²) in [6.45, 7) is 0.560. The second-order valence-corrected chi connectivity index (χ2v) is 2.04. The van der Waals surface area contributed by atoms with Crippen molar-refractivity contribution in [2.24, 2.45) is 0 Å². The summed E-state index contributed by atoms with van der Waals surface area (Å²) >= 11 is 0. The van der Waals surface area contributed by atoms with Crippen molar-refractivity contribution in [3.05, 3.63) is 11.7 Å². The number of nitrogens with zero attached hydrogens (tertiary/aromatic N) is 2. The molecule has 0 aromatic carbocycles. The lowest BCUT2D eigenvalue weighted by Crippen LogP contribution is -2.10. The lowest BCUT2D eigenvalue weighted by Gasteiger charge is -1.88. The first kappa shape index (κ1) is 8.66. The van der Waals surface area contributed by atoms with Crippen LogP contribution in [0.4, 0.5) is 0 Å². The summed E-state index contributed by atoms with van der Waals surface area (Å²) in [5, 5.41) is 6.00. The fraction of sp³-hybridized carbons (Fsp3) is 0.500. The Kier molecular flexibility index (Phi) is 3.21. The summed E-state index contributed by atoms with van der Waals surface area (Å²) in [7, 11) is 1.54. The van der Waals surface area contributed by atoms with E-state index in [1.54, 1.807) is 0 Å². The van der Waals surface area contributed by atoms with Gasteiger partial charge in [0.1, 0.15) is 6.61 Å². The fourth-order valence-electron chi connectivity index (χ4n) is 0.677. The summed E-state index contributed by atoms with van der Waals surface area (Å²) in [4.78, 5) is 13.8. The maximum Gasteiger partial charge on any atom is 0.252 e. The first-order chi connectivity index (χ1) is 5.86. The van der Waals surface area contributed by atoms with E-state index in [0.717, 1.165) is 0 Å². The highest BCUT2D eigenvalue weighted by molar-refractivity contribution is 5.45. The molecule has 6 nitrogen and oxygen atoms in total. The van der Waals surface area contributed by atoms with E-state index in [4.69, 9.17) is 9.26 Å². The summed E-state index contributed by atoms with van der Waals surface area (Å²) in [6.07, 6.45) is 0.576. The van der Waals surface area contributed by atoms with Crippen LogP contribution in [0.3, 0.4) is 0 Å². The molecule has 0 unspecified atom stereocenters. The van der Waals surface area contributed by atoms with Crippen LogP contribution < -0.4 is 5.32 Å². The molecule has 0 saturated carbocycles. The van der Waals surface area contributed by atoms with Gasteiger partial charge in [0.15, 0.2) is 5.82 Å². The molecule has 1 aromatic heterocycles. The molecule has 1 rings (SSSR count). The van der Waals surface area contributed by atoms with Gasteiger partial charge in [0, 0.05) is 7.11 Å². The molecule has 1 N–H and O–H groups in total. The van der Waals surface area contributed by atoms with Gasteiger partial charge >= 0.3 is 0 Å². The smallest absolute Gasteiger partial charge is 0.252 e. The van der Waals surface area contributed by atoms with Gasteiger partial charge in [-0.25, -0.2) is 0 Å². The Balaban J connectivity index is 2.46. The monoisotopic (exact) mass is 171 g/mol. The molecule has 12 heavy (non-hydrogen) atoms. The molecule has 1 amide bonds. The van der Waals surface area contributed by atoms with Crippen molar-refractivity contribution in [1.82, 2.24) is 15.5 Å². The second kappa shape index (κ2) is 4.45. The average Bonchev–Trinajstić information content (AvgIpc) is 2.50. The lowest BCUT2D eigenvalue weighted by molar-refractivity contribution is -0.109. The summed E-state index contributed by atoms with van der Waals surface area (Å²) in [5.41, 5.74) is 0. The van der Waals surface area contributed by atoms with Crippen molar-refractivity contribution in [2.75, 3.05) is 7.11 Å². The van der Waals surface area contributed by atoms with Crippen LogP contribution in [-0.2, 0) is 22.7 Å². The Labute approximate surface area is 68.9 Å². The Morgan fingerprint density at radius 3 is 3.25 bits per heavy atom. The summed E-state index contributed by atoms with van der Waals surface area (Å²) in [5.74, 6) is 0.842. The molecular formula is C6H9N3O3. The van der Waals surface area contributed by atoms with Gasteiger partial charge in [-0.15, -0.1) is 0 Å². The van der Waals surface area contributed by atoms with Crippen molar-refractivity contribution < 1.29 is 14.1 Å². The van der Waals surface area contributed by atoms with E-state index in [0.29, 0.717) is 18.1 Å². The van der Waals surface area contributed by atoms with Crippen molar-refractivity contribution >= 4 is 6.41 Å². The summed E-state index contributed by atoms with van der Waals surface area (Å²) in [6, 6.07) is 0. The first-order valence-electron chi connectivity index (χ1n) is 3.34. The number of amides is 1. The van der Waals surface area contributed by atoms with Crippen molar-refractivity contribution in [2.45, 2.75) is 13.2 Å². The maximum absolute atomic E-state index is 9.89. The molecule has 0 aliphatic carbocycles. The van der Waals surface area contributed by atoms with E-state index in [2.05, 4.69) is 15.5 Å². The van der Waals surface area contributed by atoms with Crippen molar-refractivity contribution in [3.63, 3.8) is 0 Å². The number of carbonyl (C=O) groups is 1. The molecular weight excluding hydrogens is 162 g/mol. The molecule has 0 atom stereocenters. The highest BCUT2D eigenvalue weighted by Gasteiger charge is 2.03. The number of hydrogen-bond donors (Lipinski definition) is 1. The molecule has 66 valence electrons. The Morgan fingerprint density at radius 1 is 1.75 bits per heavy atom. The Morgan fingerprint density at radius 2 is 2.58 bits per heavy atom. The third kappa shape index (κ3) is 2.31. The quantitative estimate of drug-likeness (QED) is 0.602. The molecule has 0 fully saturated rings. The van der Waals surface area contributed by atoms with E-state index in [9.17, 15) is 4.79 Å². The number of rotatable bonds is 5. The van der Waals surface area contributed by atoms with Crippen LogP contribution in [-0.4, -0.2) is 23.7 Å². The van der Waals surface area contributed by atoms with Gasteiger partial charge in [0.05, 0.1) is 6.54 Å². The normalized spacial score (nSPS) is 9.75. The molecule has 1 heterocycles. The molecule has 0 bridgehead atoms. The molecule has 0 aliphatic rings. The van der Waals surface area contributed by atoms with E-state index in [-0.39, 0.29) is 13.2 Å². The van der Waals surface area contributed by atoms with Gasteiger partial charge in [-0.2, -0.15) is 4.98 Å². The molecule has 0 saturated heterocycles. The maximum atomic E-state index is 9.89. The number of methoxy groups -OCH3 is 1. The van der Waals surface area contributed by atoms with Crippen LogP contribution in [0.5, 0.6) is 0 Å². The SMILES string of the molecule is COCc1nc(CNC=O)no1. The first-order valence-corrected chi connectivity index (χ1v) is 3.34. The van der Waals surface area contributed by atoms with Gasteiger partial charge < -0.3 is 14.6 Å². The highest BCUT2D eigenvalue weighted by Crippen LogP contribution is 1.97. The molecule has 1 aromatic rings. The van der Waals surface area contributed by atoms with Crippen molar-refractivity contribution in [3.8, 4) is 0 Å². The van der Waals surface area contributed by atoms with Crippen molar-refractivity contribution in [1.29, 1.82) is 0 Å². The van der Waals surface area contributed by atoms with Gasteiger partial charge in [-0.05, 0) is 0 Å². The fourth-order valence-corrected chi connectivity index (χ4v) is 0.677. The molecule has 0 spiro atoms. The molecule has 0 aliphatic heterocycles. The zero-order valence-electron chi connectivity index (χ0n) is 6.61. The minimum absolute atomic E-state index is 0.275. The van der Waals surface area contributed by atoms with Crippen LogP contribution in [0.25, 0.3) is 0 Å². The minimum Gasteiger partial charge on any atom is -0.375 e. The zero-order valence-corrected chi connectivity index (χ0v) is 6.61. The van der Waals surface area contributed by atoms with Crippen LogP contribution >= 0.6 is 0 Å². The van der Waals surface area contributed by atoms with E-state index < -0.39 is 0 Å². The molecule has 6 heteroatoms. The minimum atomic E-state index is 0.275. The second-order valence-electron chi connectivity index (χ2n) is 2.04. The third-order valence-corrected chi connectivity index (χ3v) is 1.12. The predicted molar refractivity (Wildman–Crippen MR) is 37.9 cm³/mol. The van der Waals surface area contributed by atoms with Crippen LogP contribution in [0.15, 0.2) is 4.52 Å². The van der Waals surface area contributed by atoms with Crippen LogP contribution in [0.1, 0.15) is 11.7 Å². The van der Waals surface area contributed by atoms with Crippen LogP contribution in [0.2, 0.25) is 0 Å². The van der Waals surface area contributed by atoms with E-state index in [1.165, 1.54) is 7.11 Å². The van der Waals surface area contributed by atoms with Gasteiger partial charge in [0.2, 0.25) is 6.41 Å². The number of ether oxygens (including phenoxy) is 1. The number of hydrogen-bond acceptors (Lipinski definition) is 5. The number of aromatic nitrogens is 2. The number of carbonyl (C=O) groups excluding carboxylic acids is 1. The van der Waals surface area contributed by atoms with Gasteiger partial charge in [0.25, 0.3) is 5.89 Å². The topological polar surface area (TPSA) is 77.2 Å². The summed E-state index contributed by atoms with van der Waals surface area (Å²) < 4.78 is 9.52. The predicted octanol–water partition coefficient (Wildman–Crippen LogP) is -0.538. The Hall–Kier alpha value is -1.43. The third-order valence-electron chi connectivity index (χ3n) is 1.12. The zero-order chi connectivity index (χ0) is 8.81. The van der Waals surface area contributed by atoms with Crippen LogP contribution in [0, 0.1) is 0 Å². The molecule has 0 radical (unpaired) electrons. The standard InChI is InChI=1S/C6H9N3O3/c1-11-3-6-8-5(9-12-6)2-7-4-10/h4H,2-3H2,1H3,(H,7,10). The Bertz CT molecular complexity index is 248.